The van der Waals surface area contributed by atoms with Crippen LogP contribution < -0.4 is 0 Å². The molecule has 0 aromatic heterocycles. The summed E-state index contributed by atoms with van der Waals surface area (Å²) in [5.74, 6) is -0.764. The van der Waals surface area contributed by atoms with Crippen molar-refractivity contribution in [2.45, 2.75) is 337 Å². The molecule has 0 amide bonds. The van der Waals surface area contributed by atoms with Crippen molar-refractivity contribution in [3.05, 3.63) is 12.2 Å². The molecule has 0 aromatic rings. The number of ether oxygens (including phenoxy) is 2. The van der Waals surface area contributed by atoms with Crippen LogP contribution in [0.2, 0.25) is 0 Å². The zero-order valence-electron chi connectivity index (χ0n) is 44.7. The minimum atomic E-state index is -0.382. The molecule has 0 aliphatic rings. The maximum Gasteiger partial charge on any atom is 0.331 e. The van der Waals surface area contributed by atoms with E-state index in [1.165, 1.54) is 269 Å². The third-order valence-corrected chi connectivity index (χ3v) is 14.8. The van der Waals surface area contributed by atoms with E-state index in [4.69, 9.17) is 9.47 Å². The Morgan fingerprint density at radius 2 is 0.422 bits per heavy atom. The molecule has 0 heterocycles. The lowest BCUT2D eigenvalue weighted by molar-refractivity contribution is -0.144. The van der Waals surface area contributed by atoms with Gasteiger partial charge in [-0.15, -0.1) is 0 Å². The first-order valence-electron chi connectivity index (χ1n) is 29.4. The number of unbranched alkanes of at least 4 members (excludes halogenated alkanes) is 34. The molecule has 64 heavy (non-hydrogen) atoms. The Bertz CT molecular complexity index is 892. The van der Waals surface area contributed by atoms with Gasteiger partial charge in [0.05, 0.1) is 13.2 Å². The fraction of sp³-hybridized carbons (Fsp3) is 0.933. The van der Waals surface area contributed by atoms with E-state index < -0.39 is 0 Å². The predicted octanol–water partition coefficient (Wildman–Crippen LogP) is 20.7. The molecule has 0 aliphatic carbocycles. The minimum Gasteiger partial charge on any atom is -0.462 e. The molecule has 0 saturated carbocycles. The molecular formula is C60H116O4. The van der Waals surface area contributed by atoms with Crippen molar-refractivity contribution in [2.75, 3.05) is 13.2 Å². The first-order valence-corrected chi connectivity index (χ1v) is 29.4. The SMILES string of the molecule is CCCCCCCCCCC(CCCCCCCC)(CCCCCCCC)COC(=O)/C=C\C(=O)OCC(CCCCCCCC)(CCCCCCCC)CCCCCCCCCC. The monoisotopic (exact) mass is 901 g/mol. The summed E-state index contributed by atoms with van der Waals surface area (Å²) in [6.45, 7) is 14.7. The van der Waals surface area contributed by atoms with Gasteiger partial charge in [-0.2, -0.15) is 0 Å². The molecule has 0 unspecified atom stereocenters. The number of hydrogen-bond acceptors (Lipinski definition) is 4. The molecule has 0 saturated heterocycles. The van der Waals surface area contributed by atoms with E-state index in [1.807, 2.05) is 0 Å². The van der Waals surface area contributed by atoms with Crippen LogP contribution in [0.1, 0.15) is 337 Å². The van der Waals surface area contributed by atoms with Gasteiger partial charge in [0.2, 0.25) is 0 Å². The molecule has 4 heteroatoms. The lowest BCUT2D eigenvalue weighted by Crippen LogP contribution is -2.29. The van der Waals surface area contributed by atoms with Gasteiger partial charge in [-0.1, -0.05) is 298 Å². The molecule has 0 rings (SSSR count). The van der Waals surface area contributed by atoms with Gasteiger partial charge in [0, 0.05) is 23.0 Å². The second kappa shape index (κ2) is 48.1. The van der Waals surface area contributed by atoms with E-state index in [2.05, 4.69) is 41.5 Å². The Morgan fingerprint density at radius 3 is 0.594 bits per heavy atom. The Hall–Kier alpha value is -1.32. The highest BCUT2D eigenvalue weighted by molar-refractivity contribution is 5.91. The fourth-order valence-electron chi connectivity index (χ4n) is 10.3. The average Bonchev–Trinajstić information content (AvgIpc) is 3.30. The third-order valence-electron chi connectivity index (χ3n) is 14.8. The van der Waals surface area contributed by atoms with Crippen molar-refractivity contribution in [3.63, 3.8) is 0 Å². The Morgan fingerprint density at radius 1 is 0.266 bits per heavy atom. The summed E-state index contributed by atoms with van der Waals surface area (Å²) >= 11 is 0. The molecule has 0 spiro atoms. The summed E-state index contributed by atoms with van der Waals surface area (Å²) in [6.07, 6.45) is 61.6. The second-order valence-electron chi connectivity index (χ2n) is 21.1. The van der Waals surface area contributed by atoms with Gasteiger partial charge >= 0.3 is 11.9 Å². The highest BCUT2D eigenvalue weighted by Gasteiger charge is 2.32. The smallest absolute Gasteiger partial charge is 0.331 e. The Kier molecular flexibility index (Phi) is 47.2. The van der Waals surface area contributed by atoms with E-state index in [-0.39, 0.29) is 22.8 Å². The first kappa shape index (κ1) is 62.7. The molecule has 0 bridgehead atoms. The van der Waals surface area contributed by atoms with Gasteiger partial charge in [0.1, 0.15) is 0 Å². The maximum absolute atomic E-state index is 13.5. The van der Waals surface area contributed by atoms with Crippen LogP contribution in [-0.4, -0.2) is 25.2 Å². The van der Waals surface area contributed by atoms with E-state index in [9.17, 15) is 9.59 Å². The van der Waals surface area contributed by atoms with Crippen LogP contribution in [0.4, 0.5) is 0 Å². The topological polar surface area (TPSA) is 52.6 Å². The van der Waals surface area contributed by atoms with E-state index in [1.54, 1.807) is 0 Å². The third kappa shape index (κ3) is 39.8. The maximum atomic E-state index is 13.5. The number of rotatable bonds is 52. The van der Waals surface area contributed by atoms with Crippen molar-refractivity contribution in [3.8, 4) is 0 Å². The normalized spacial score (nSPS) is 12.2. The first-order chi connectivity index (χ1) is 31.4. The van der Waals surface area contributed by atoms with Gasteiger partial charge in [-0.05, 0) is 38.5 Å². The summed E-state index contributed by atoms with van der Waals surface area (Å²) < 4.78 is 12.4. The largest absolute Gasteiger partial charge is 0.462 e. The average molecular weight is 902 g/mol. The lowest BCUT2D eigenvalue weighted by Gasteiger charge is -2.34. The number of hydrogen-bond donors (Lipinski definition) is 0. The van der Waals surface area contributed by atoms with Crippen molar-refractivity contribution < 1.29 is 19.1 Å². The molecule has 0 N–H and O–H groups in total. The van der Waals surface area contributed by atoms with Crippen molar-refractivity contribution in [1.82, 2.24) is 0 Å². The van der Waals surface area contributed by atoms with Gasteiger partial charge in [-0.3, -0.25) is 0 Å². The van der Waals surface area contributed by atoms with Crippen LogP contribution in [-0.2, 0) is 19.1 Å². The number of carbonyl (C=O) groups is 2. The molecule has 0 aliphatic heterocycles. The standard InChI is InChI=1S/C60H116O4/c1-7-13-19-25-31-33-39-45-53-59(49-41-35-27-21-15-9-3,50-42-36-28-22-16-10-4)55-63-57(61)47-48-58(62)64-56-60(51-43-37-29-23-17-11-5,52-44-38-30-24-18-12-6)54-46-40-34-32-26-20-14-8-2/h47-48H,7-46,49-56H2,1-6H3/b48-47-. The van der Waals surface area contributed by atoms with Crippen molar-refractivity contribution in [1.29, 1.82) is 0 Å². The number of carbonyl (C=O) groups excluding carboxylic acids is 2. The van der Waals surface area contributed by atoms with E-state index in [0.29, 0.717) is 13.2 Å². The van der Waals surface area contributed by atoms with Crippen LogP contribution in [0, 0.1) is 10.8 Å². The highest BCUT2D eigenvalue weighted by atomic mass is 16.5. The van der Waals surface area contributed by atoms with Gasteiger partial charge in [0.15, 0.2) is 0 Å². The van der Waals surface area contributed by atoms with Gasteiger partial charge < -0.3 is 9.47 Å². The summed E-state index contributed by atoms with van der Waals surface area (Å²) in [6, 6.07) is 0. The number of esters is 2. The van der Waals surface area contributed by atoms with Crippen molar-refractivity contribution >= 4 is 11.9 Å². The fourth-order valence-corrected chi connectivity index (χ4v) is 10.3. The van der Waals surface area contributed by atoms with Crippen LogP contribution in [0.15, 0.2) is 12.2 Å². The molecule has 380 valence electrons. The van der Waals surface area contributed by atoms with Crippen LogP contribution in [0.3, 0.4) is 0 Å². The molecule has 0 radical (unpaired) electrons. The van der Waals surface area contributed by atoms with Crippen molar-refractivity contribution in [2.24, 2.45) is 10.8 Å². The Balaban J connectivity index is 5.87. The minimum absolute atomic E-state index is 0.0317. The summed E-state index contributed by atoms with van der Waals surface area (Å²) in [7, 11) is 0. The molecule has 4 nitrogen and oxygen atoms in total. The molecular weight excluding hydrogens is 785 g/mol. The predicted molar refractivity (Wildman–Crippen MR) is 282 cm³/mol. The van der Waals surface area contributed by atoms with Gasteiger partial charge in [-0.25, -0.2) is 9.59 Å². The van der Waals surface area contributed by atoms with Crippen LogP contribution in [0.5, 0.6) is 0 Å². The van der Waals surface area contributed by atoms with E-state index in [0.717, 1.165) is 38.5 Å². The quantitative estimate of drug-likeness (QED) is 0.0347. The highest BCUT2D eigenvalue weighted by Crippen LogP contribution is 2.40. The van der Waals surface area contributed by atoms with Crippen LogP contribution in [0.25, 0.3) is 0 Å². The molecule has 0 fully saturated rings. The van der Waals surface area contributed by atoms with E-state index >= 15 is 0 Å². The van der Waals surface area contributed by atoms with Gasteiger partial charge in [0.25, 0.3) is 0 Å². The zero-order chi connectivity index (χ0) is 46.9. The zero-order valence-corrected chi connectivity index (χ0v) is 44.7. The lowest BCUT2D eigenvalue weighted by atomic mass is 9.74. The summed E-state index contributed by atoms with van der Waals surface area (Å²) in [5.41, 5.74) is 0.0633. The van der Waals surface area contributed by atoms with Crippen LogP contribution >= 0.6 is 0 Å². The second-order valence-corrected chi connectivity index (χ2v) is 21.1. The molecule has 0 aromatic carbocycles. The Labute approximate surface area is 402 Å². The summed E-state index contributed by atoms with van der Waals surface area (Å²) in [4.78, 5) is 26.9. The molecule has 0 atom stereocenters. The summed E-state index contributed by atoms with van der Waals surface area (Å²) in [5, 5.41) is 0.